The first-order valence-corrected chi connectivity index (χ1v) is 11.9. The SMILES string of the molecule is Clc1nc(I)nc2c1nc(N1CCCC(c3nccs3)C1)n2C1CCCCO1. The van der Waals surface area contributed by atoms with Crippen LogP contribution in [0.1, 0.15) is 49.3 Å². The highest BCUT2D eigenvalue weighted by atomic mass is 127. The minimum absolute atomic E-state index is 0.0595. The lowest BCUT2D eigenvalue weighted by Gasteiger charge is -2.34. The Kier molecular flexibility index (Phi) is 5.42. The number of halogens is 2. The zero-order chi connectivity index (χ0) is 19.1. The molecule has 0 aliphatic carbocycles. The molecule has 3 aromatic heterocycles. The van der Waals surface area contributed by atoms with Gasteiger partial charge in [-0.2, -0.15) is 0 Å². The van der Waals surface area contributed by atoms with Crippen LogP contribution in [0.5, 0.6) is 0 Å². The van der Waals surface area contributed by atoms with Crippen molar-refractivity contribution in [1.82, 2.24) is 24.5 Å². The largest absolute Gasteiger partial charge is 0.358 e. The van der Waals surface area contributed by atoms with E-state index in [1.807, 2.05) is 6.20 Å². The molecule has 2 atom stereocenters. The maximum Gasteiger partial charge on any atom is 0.210 e. The molecule has 10 heteroatoms. The molecule has 7 nitrogen and oxygen atoms in total. The second kappa shape index (κ2) is 8.00. The average molecular weight is 531 g/mol. The molecule has 2 fully saturated rings. The van der Waals surface area contributed by atoms with E-state index in [0.717, 1.165) is 63.4 Å². The van der Waals surface area contributed by atoms with Crippen LogP contribution < -0.4 is 4.90 Å². The number of hydrogen-bond donors (Lipinski definition) is 0. The molecule has 28 heavy (non-hydrogen) atoms. The summed E-state index contributed by atoms with van der Waals surface area (Å²) in [7, 11) is 0. The van der Waals surface area contributed by atoms with Gasteiger partial charge in [-0.05, 0) is 32.1 Å². The normalized spacial score (nSPS) is 23.4. The van der Waals surface area contributed by atoms with Gasteiger partial charge < -0.3 is 9.64 Å². The van der Waals surface area contributed by atoms with Crippen LogP contribution in [-0.2, 0) is 4.74 Å². The molecule has 5 heterocycles. The number of nitrogens with zero attached hydrogens (tertiary/aromatic N) is 6. The number of thiazole rings is 1. The molecule has 0 amide bonds. The fourth-order valence-corrected chi connectivity index (χ4v) is 5.70. The van der Waals surface area contributed by atoms with Gasteiger partial charge in [0.25, 0.3) is 0 Å². The number of aromatic nitrogens is 5. The lowest BCUT2D eigenvalue weighted by atomic mass is 9.99. The Morgan fingerprint density at radius 3 is 2.89 bits per heavy atom. The molecule has 2 aliphatic rings. The molecule has 3 aromatic rings. The third kappa shape index (κ3) is 3.50. The molecule has 2 saturated heterocycles. The predicted molar refractivity (Wildman–Crippen MR) is 118 cm³/mol. The van der Waals surface area contributed by atoms with Crippen LogP contribution in [-0.4, -0.2) is 44.2 Å². The molecule has 5 rings (SSSR count). The van der Waals surface area contributed by atoms with Gasteiger partial charge in [0.1, 0.15) is 11.7 Å². The number of piperidine rings is 1. The molecule has 0 spiro atoms. The van der Waals surface area contributed by atoms with E-state index in [-0.39, 0.29) is 6.23 Å². The van der Waals surface area contributed by atoms with Crippen LogP contribution in [0, 0.1) is 3.83 Å². The Balaban J connectivity index is 1.58. The van der Waals surface area contributed by atoms with Gasteiger partial charge in [-0.3, -0.25) is 4.57 Å². The number of rotatable bonds is 3. The first-order chi connectivity index (χ1) is 13.7. The summed E-state index contributed by atoms with van der Waals surface area (Å²) in [6.07, 6.45) is 7.29. The van der Waals surface area contributed by atoms with Crippen LogP contribution in [0.25, 0.3) is 11.2 Å². The Morgan fingerprint density at radius 1 is 1.18 bits per heavy atom. The summed E-state index contributed by atoms with van der Waals surface area (Å²) >= 11 is 10.3. The van der Waals surface area contributed by atoms with Crippen molar-refractivity contribution < 1.29 is 4.74 Å². The van der Waals surface area contributed by atoms with E-state index in [2.05, 4.69) is 52.4 Å². The van der Waals surface area contributed by atoms with Crippen molar-refractivity contribution in [2.24, 2.45) is 0 Å². The van der Waals surface area contributed by atoms with Gasteiger partial charge in [0, 0.05) is 59.8 Å². The van der Waals surface area contributed by atoms with Crippen LogP contribution in [0.4, 0.5) is 5.95 Å². The van der Waals surface area contributed by atoms with Gasteiger partial charge in [-0.1, -0.05) is 11.6 Å². The van der Waals surface area contributed by atoms with Gasteiger partial charge in [-0.25, -0.2) is 19.9 Å². The molecular weight excluding hydrogens is 511 g/mol. The minimum Gasteiger partial charge on any atom is -0.358 e. The number of ether oxygens (including phenoxy) is 1. The lowest BCUT2D eigenvalue weighted by molar-refractivity contribution is -0.0290. The first kappa shape index (κ1) is 19.0. The first-order valence-electron chi connectivity index (χ1n) is 9.57. The molecule has 2 unspecified atom stereocenters. The topological polar surface area (TPSA) is 69.0 Å². The third-order valence-corrected chi connectivity index (χ3v) is 7.08. The maximum absolute atomic E-state index is 6.44. The van der Waals surface area contributed by atoms with Gasteiger partial charge in [0.05, 0.1) is 5.01 Å². The second-order valence-electron chi connectivity index (χ2n) is 7.21. The van der Waals surface area contributed by atoms with Crippen LogP contribution in [0.15, 0.2) is 11.6 Å². The molecule has 0 bridgehead atoms. The zero-order valence-corrected chi connectivity index (χ0v) is 19.0. The fourth-order valence-electron chi connectivity index (χ4n) is 4.12. The van der Waals surface area contributed by atoms with Gasteiger partial charge in [0.2, 0.25) is 5.95 Å². The van der Waals surface area contributed by atoms with Crippen molar-refractivity contribution in [2.75, 3.05) is 24.6 Å². The van der Waals surface area contributed by atoms with Crippen molar-refractivity contribution in [2.45, 2.75) is 44.2 Å². The van der Waals surface area contributed by atoms with E-state index in [1.54, 1.807) is 11.3 Å². The minimum atomic E-state index is -0.0595. The van der Waals surface area contributed by atoms with Gasteiger partial charge >= 0.3 is 0 Å². The van der Waals surface area contributed by atoms with E-state index in [1.165, 1.54) is 5.01 Å². The molecule has 0 radical (unpaired) electrons. The Labute approximate surface area is 185 Å². The number of anilines is 1. The van der Waals surface area contributed by atoms with Crippen molar-refractivity contribution in [1.29, 1.82) is 0 Å². The van der Waals surface area contributed by atoms with E-state index in [4.69, 9.17) is 21.3 Å². The average Bonchev–Trinajstić information content (AvgIpc) is 3.37. The molecule has 0 N–H and O–H groups in total. The lowest BCUT2D eigenvalue weighted by Crippen LogP contribution is -2.37. The van der Waals surface area contributed by atoms with Crippen molar-refractivity contribution in [3.63, 3.8) is 0 Å². The fraction of sp³-hybridized carbons (Fsp3) is 0.556. The Morgan fingerprint density at radius 2 is 2.11 bits per heavy atom. The second-order valence-corrected chi connectivity index (χ2v) is 9.46. The van der Waals surface area contributed by atoms with Crippen LogP contribution >= 0.6 is 45.5 Å². The summed E-state index contributed by atoms with van der Waals surface area (Å²) in [5.74, 6) is 1.32. The van der Waals surface area contributed by atoms with Crippen molar-refractivity contribution >= 4 is 62.6 Å². The molecule has 2 aliphatic heterocycles. The monoisotopic (exact) mass is 530 g/mol. The molecule has 0 aromatic carbocycles. The smallest absolute Gasteiger partial charge is 0.210 e. The highest BCUT2D eigenvalue weighted by molar-refractivity contribution is 14.1. The summed E-state index contributed by atoms with van der Waals surface area (Å²) < 4.78 is 8.89. The van der Waals surface area contributed by atoms with E-state index < -0.39 is 0 Å². The molecule has 148 valence electrons. The highest BCUT2D eigenvalue weighted by Gasteiger charge is 2.31. The summed E-state index contributed by atoms with van der Waals surface area (Å²) in [4.78, 5) is 20.8. The number of fused-ring (bicyclic) bond motifs is 1. The van der Waals surface area contributed by atoms with E-state index >= 15 is 0 Å². The highest BCUT2D eigenvalue weighted by Crippen LogP contribution is 2.37. The molecular formula is C18H20ClIN6OS. The number of imidazole rings is 1. The summed E-state index contributed by atoms with van der Waals surface area (Å²) in [5.41, 5.74) is 1.42. The van der Waals surface area contributed by atoms with Gasteiger partial charge in [-0.15, -0.1) is 11.3 Å². The van der Waals surface area contributed by atoms with Crippen LogP contribution in [0.3, 0.4) is 0 Å². The van der Waals surface area contributed by atoms with Gasteiger partial charge in [0.15, 0.2) is 14.6 Å². The maximum atomic E-state index is 6.44. The predicted octanol–water partition coefficient (Wildman–Crippen LogP) is 4.62. The summed E-state index contributed by atoms with van der Waals surface area (Å²) in [6.45, 7) is 2.62. The standard InChI is InChI=1S/C18H20ClIN6OS/c19-14-13-15(24-17(20)23-14)26(12-5-1-2-8-27-12)18(22-13)25-7-3-4-11(10-25)16-21-6-9-28-16/h6,9,11-12H,1-5,7-8,10H2. The van der Waals surface area contributed by atoms with E-state index in [9.17, 15) is 0 Å². The van der Waals surface area contributed by atoms with E-state index in [0.29, 0.717) is 20.4 Å². The van der Waals surface area contributed by atoms with Crippen molar-refractivity contribution in [3.8, 4) is 0 Å². The zero-order valence-electron chi connectivity index (χ0n) is 15.2. The summed E-state index contributed by atoms with van der Waals surface area (Å²) in [5, 5.41) is 3.66. The Bertz CT molecular complexity index is 974. The van der Waals surface area contributed by atoms with Crippen molar-refractivity contribution in [3.05, 3.63) is 25.6 Å². The quantitative estimate of drug-likeness (QED) is 0.280. The number of hydrogen-bond acceptors (Lipinski definition) is 7. The molecule has 0 saturated carbocycles. The Hall–Kier alpha value is -1.04. The summed E-state index contributed by atoms with van der Waals surface area (Å²) in [6, 6.07) is 0. The third-order valence-electron chi connectivity index (χ3n) is 5.40. The van der Waals surface area contributed by atoms with Crippen LogP contribution in [0.2, 0.25) is 5.15 Å².